The number of methoxy groups -OCH3 is 1. The van der Waals surface area contributed by atoms with Crippen molar-refractivity contribution in [2.45, 2.75) is 19.5 Å². The number of nitrogens with zero attached hydrogens (tertiary/aromatic N) is 1. The summed E-state index contributed by atoms with van der Waals surface area (Å²) in [6, 6.07) is 9.23. The molecule has 0 spiro atoms. The lowest BCUT2D eigenvalue weighted by molar-refractivity contribution is -0.120. The zero-order chi connectivity index (χ0) is 15.2. The highest BCUT2D eigenvalue weighted by atomic mass is 32.1. The van der Waals surface area contributed by atoms with Crippen LogP contribution in [0.1, 0.15) is 12.5 Å². The van der Waals surface area contributed by atoms with Gasteiger partial charge >= 0.3 is 0 Å². The van der Waals surface area contributed by atoms with Crippen molar-refractivity contribution >= 4 is 22.9 Å². The molecule has 1 aromatic carbocycles. The molecule has 0 aliphatic heterocycles. The molecule has 1 atom stereocenters. The summed E-state index contributed by atoms with van der Waals surface area (Å²) < 4.78 is 5.15. The van der Waals surface area contributed by atoms with Gasteiger partial charge in [-0.15, -0.1) is 0 Å². The number of rotatable bonds is 6. The standard InChI is InChI=1S/C16H20N2O2S/c1-12(18(2)10-13-7-8-21-11-13)16(19)17-14-5-4-6-15(9-14)20-3/h4-9,11-12H,10H2,1-3H3,(H,17,19)/t12-/m0/s1. The first kappa shape index (κ1) is 15.5. The lowest BCUT2D eigenvalue weighted by Gasteiger charge is -2.23. The van der Waals surface area contributed by atoms with E-state index in [-0.39, 0.29) is 11.9 Å². The van der Waals surface area contributed by atoms with Crippen LogP contribution in [-0.2, 0) is 11.3 Å². The van der Waals surface area contributed by atoms with Crippen LogP contribution in [0.4, 0.5) is 5.69 Å². The molecule has 4 nitrogen and oxygen atoms in total. The molecule has 0 aliphatic rings. The lowest BCUT2D eigenvalue weighted by Crippen LogP contribution is -2.39. The maximum atomic E-state index is 12.3. The van der Waals surface area contributed by atoms with Crippen LogP contribution in [0.5, 0.6) is 5.75 Å². The molecule has 2 rings (SSSR count). The molecule has 112 valence electrons. The second-order valence-electron chi connectivity index (χ2n) is 4.94. The fourth-order valence-electron chi connectivity index (χ4n) is 1.96. The number of hydrogen-bond donors (Lipinski definition) is 1. The average Bonchev–Trinajstić information content (AvgIpc) is 2.99. The van der Waals surface area contributed by atoms with Gasteiger partial charge in [0.15, 0.2) is 0 Å². The molecule has 2 aromatic rings. The number of hydrogen-bond acceptors (Lipinski definition) is 4. The number of nitrogens with one attached hydrogen (secondary N) is 1. The van der Waals surface area contributed by atoms with Gasteiger partial charge in [-0.25, -0.2) is 0 Å². The summed E-state index contributed by atoms with van der Waals surface area (Å²) in [6.07, 6.45) is 0. The van der Waals surface area contributed by atoms with Crippen LogP contribution in [0.25, 0.3) is 0 Å². The summed E-state index contributed by atoms with van der Waals surface area (Å²) in [5, 5.41) is 7.07. The van der Waals surface area contributed by atoms with Crippen molar-refractivity contribution in [1.29, 1.82) is 0 Å². The zero-order valence-corrected chi connectivity index (χ0v) is 13.3. The third-order valence-electron chi connectivity index (χ3n) is 3.39. The Kier molecular flexibility index (Phi) is 5.36. The van der Waals surface area contributed by atoms with Gasteiger partial charge in [0.05, 0.1) is 13.2 Å². The maximum Gasteiger partial charge on any atom is 0.241 e. The van der Waals surface area contributed by atoms with Crippen LogP contribution in [0.2, 0.25) is 0 Å². The molecule has 0 saturated carbocycles. The fraction of sp³-hybridized carbons (Fsp3) is 0.312. The van der Waals surface area contributed by atoms with Crippen LogP contribution in [0.15, 0.2) is 41.1 Å². The normalized spacial score (nSPS) is 12.2. The first-order chi connectivity index (χ1) is 10.1. The minimum atomic E-state index is -0.212. The second kappa shape index (κ2) is 7.24. The molecule has 21 heavy (non-hydrogen) atoms. The monoisotopic (exact) mass is 304 g/mol. The van der Waals surface area contributed by atoms with E-state index in [2.05, 4.69) is 16.8 Å². The minimum absolute atomic E-state index is 0.0269. The topological polar surface area (TPSA) is 41.6 Å². The average molecular weight is 304 g/mol. The van der Waals surface area contributed by atoms with Gasteiger partial charge in [0.2, 0.25) is 5.91 Å². The molecule has 0 radical (unpaired) electrons. The summed E-state index contributed by atoms with van der Waals surface area (Å²) in [7, 11) is 3.56. The molecule has 0 aliphatic carbocycles. The fourth-order valence-corrected chi connectivity index (χ4v) is 2.62. The van der Waals surface area contributed by atoms with Crippen LogP contribution < -0.4 is 10.1 Å². The maximum absolute atomic E-state index is 12.3. The molecule has 0 saturated heterocycles. The number of carbonyl (C=O) groups excluding carboxylic acids is 1. The molecule has 0 bridgehead atoms. The largest absolute Gasteiger partial charge is 0.497 e. The highest BCUT2D eigenvalue weighted by Crippen LogP contribution is 2.17. The van der Waals surface area contributed by atoms with Gasteiger partial charge in [0.1, 0.15) is 5.75 Å². The Hall–Kier alpha value is -1.85. The summed E-state index contributed by atoms with van der Waals surface area (Å²) in [6.45, 7) is 2.66. The van der Waals surface area contributed by atoms with Crippen molar-refractivity contribution in [3.8, 4) is 5.75 Å². The molecule has 1 N–H and O–H groups in total. The van der Waals surface area contributed by atoms with Gasteiger partial charge in [-0.1, -0.05) is 6.07 Å². The second-order valence-corrected chi connectivity index (χ2v) is 5.72. The van der Waals surface area contributed by atoms with Gasteiger partial charge in [-0.3, -0.25) is 9.69 Å². The SMILES string of the molecule is COc1cccc(NC(=O)[C@H](C)N(C)Cc2ccsc2)c1. The Bertz CT molecular complexity index is 584. The first-order valence-corrected chi connectivity index (χ1v) is 7.70. The Morgan fingerprint density at radius 2 is 2.24 bits per heavy atom. The van der Waals surface area contributed by atoms with E-state index in [0.717, 1.165) is 18.0 Å². The predicted molar refractivity (Wildman–Crippen MR) is 86.9 cm³/mol. The van der Waals surface area contributed by atoms with Crippen molar-refractivity contribution in [1.82, 2.24) is 4.90 Å². The summed E-state index contributed by atoms with van der Waals surface area (Å²) in [5.41, 5.74) is 1.97. The highest BCUT2D eigenvalue weighted by Gasteiger charge is 2.18. The predicted octanol–water partition coefficient (Wildman–Crippen LogP) is 3.22. The highest BCUT2D eigenvalue weighted by molar-refractivity contribution is 7.07. The third kappa shape index (κ3) is 4.31. The molecular formula is C16H20N2O2S. The van der Waals surface area contributed by atoms with Crippen molar-refractivity contribution in [3.05, 3.63) is 46.7 Å². The number of amides is 1. The van der Waals surface area contributed by atoms with Crippen molar-refractivity contribution in [2.75, 3.05) is 19.5 Å². The number of thiophene rings is 1. The van der Waals surface area contributed by atoms with Crippen molar-refractivity contribution < 1.29 is 9.53 Å². The van der Waals surface area contributed by atoms with Crippen LogP contribution >= 0.6 is 11.3 Å². The van der Waals surface area contributed by atoms with Crippen LogP contribution in [0.3, 0.4) is 0 Å². The molecule has 1 heterocycles. The lowest BCUT2D eigenvalue weighted by atomic mass is 10.2. The Morgan fingerprint density at radius 1 is 1.43 bits per heavy atom. The van der Waals surface area contributed by atoms with E-state index in [9.17, 15) is 4.79 Å². The minimum Gasteiger partial charge on any atom is -0.497 e. The quantitative estimate of drug-likeness (QED) is 0.891. The molecular weight excluding hydrogens is 284 g/mol. The van der Waals surface area contributed by atoms with E-state index in [4.69, 9.17) is 4.74 Å². The van der Waals surface area contributed by atoms with Gasteiger partial charge in [-0.2, -0.15) is 11.3 Å². The molecule has 1 amide bonds. The number of likely N-dealkylation sites (N-methyl/N-ethyl adjacent to an activating group) is 1. The molecule has 1 aromatic heterocycles. The number of anilines is 1. The zero-order valence-electron chi connectivity index (χ0n) is 12.5. The van der Waals surface area contributed by atoms with Crippen LogP contribution in [0, 0.1) is 0 Å². The van der Waals surface area contributed by atoms with Gasteiger partial charge in [-0.05, 0) is 48.5 Å². The first-order valence-electron chi connectivity index (χ1n) is 6.76. The molecule has 5 heteroatoms. The Labute approximate surface area is 129 Å². The van der Waals surface area contributed by atoms with E-state index < -0.39 is 0 Å². The molecule has 0 unspecified atom stereocenters. The number of ether oxygens (including phenoxy) is 1. The van der Waals surface area contributed by atoms with Gasteiger partial charge in [0.25, 0.3) is 0 Å². The smallest absolute Gasteiger partial charge is 0.241 e. The third-order valence-corrected chi connectivity index (χ3v) is 4.12. The van der Waals surface area contributed by atoms with Crippen molar-refractivity contribution in [3.63, 3.8) is 0 Å². The Balaban J connectivity index is 1.95. The summed E-state index contributed by atoms with van der Waals surface area (Å²) >= 11 is 1.67. The summed E-state index contributed by atoms with van der Waals surface area (Å²) in [5.74, 6) is 0.702. The van der Waals surface area contributed by atoms with E-state index in [1.807, 2.05) is 48.5 Å². The Morgan fingerprint density at radius 3 is 2.90 bits per heavy atom. The molecule has 0 fully saturated rings. The van der Waals surface area contributed by atoms with E-state index >= 15 is 0 Å². The van der Waals surface area contributed by atoms with Crippen molar-refractivity contribution in [2.24, 2.45) is 0 Å². The van der Waals surface area contributed by atoms with Gasteiger partial charge < -0.3 is 10.1 Å². The van der Waals surface area contributed by atoms with E-state index in [0.29, 0.717) is 0 Å². The van der Waals surface area contributed by atoms with Crippen LogP contribution in [-0.4, -0.2) is 31.0 Å². The number of benzene rings is 1. The van der Waals surface area contributed by atoms with E-state index in [1.54, 1.807) is 18.4 Å². The van der Waals surface area contributed by atoms with E-state index in [1.165, 1.54) is 5.56 Å². The number of carbonyl (C=O) groups is 1. The summed E-state index contributed by atoms with van der Waals surface area (Å²) in [4.78, 5) is 14.3. The van der Waals surface area contributed by atoms with Gasteiger partial charge in [0, 0.05) is 18.3 Å².